The van der Waals surface area contributed by atoms with Crippen molar-refractivity contribution in [2.24, 2.45) is 5.73 Å². The number of nitrogens with zero attached hydrogens (tertiary/aromatic N) is 2. The monoisotopic (exact) mass is 252 g/mol. The zero-order chi connectivity index (χ0) is 12.4. The minimum Gasteiger partial charge on any atom is -0.324 e. The number of H-pyrrole nitrogens is 1. The van der Waals surface area contributed by atoms with Crippen LogP contribution in [0.3, 0.4) is 0 Å². The molecule has 0 aliphatic rings. The molecule has 17 heavy (non-hydrogen) atoms. The van der Waals surface area contributed by atoms with Crippen molar-refractivity contribution >= 4 is 11.6 Å². The van der Waals surface area contributed by atoms with Crippen LogP contribution in [0, 0.1) is 0 Å². The quantitative estimate of drug-likeness (QED) is 0.864. The van der Waals surface area contributed by atoms with E-state index >= 15 is 0 Å². The van der Waals surface area contributed by atoms with Crippen LogP contribution < -0.4 is 11.4 Å². The van der Waals surface area contributed by atoms with Gasteiger partial charge >= 0.3 is 5.69 Å². The van der Waals surface area contributed by atoms with Crippen molar-refractivity contribution in [3.63, 3.8) is 0 Å². The predicted octanol–water partition coefficient (Wildman–Crippen LogP) is 1.29. The molecule has 6 heteroatoms. The van der Waals surface area contributed by atoms with Gasteiger partial charge in [0.1, 0.15) is 5.82 Å². The molecule has 2 aromatic rings. The summed E-state index contributed by atoms with van der Waals surface area (Å²) in [5, 5.41) is 6.94. The molecule has 2 rings (SSSR count). The van der Waals surface area contributed by atoms with Gasteiger partial charge in [0, 0.05) is 5.02 Å². The van der Waals surface area contributed by atoms with Crippen molar-refractivity contribution in [3.05, 3.63) is 51.2 Å². The highest BCUT2D eigenvalue weighted by molar-refractivity contribution is 6.30. The summed E-state index contributed by atoms with van der Waals surface area (Å²) in [6.07, 6.45) is 0. The number of nitrogens with two attached hydrogens (primary N) is 1. The predicted molar refractivity (Wildman–Crippen MR) is 66.0 cm³/mol. The van der Waals surface area contributed by atoms with E-state index < -0.39 is 0 Å². The Bertz CT molecular complexity index is 558. The highest BCUT2D eigenvalue weighted by Gasteiger charge is 2.15. The first-order chi connectivity index (χ1) is 8.13. The SMILES string of the molecule is C[C@H](c1ccc(Cl)cc1)n1c(CN)n[nH]c1=O. The van der Waals surface area contributed by atoms with E-state index in [1.54, 1.807) is 16.7 Å². The molecule has 0 amide bonds. The number of rotatable bonds is 3. The number of hydrogen-bond acceptors (Lipinski definition) is 3. The van der Waals surface area contributed by atoms with E-state index in [2.05, 4.69) is 10.2 Å². The third kappa shape index (κ3) is 2.25. The van der Waals surface area contributed by atoms with E-state index in [0.717, 1.165) is 5.56 Å². The third-order valence-corrected chi connectivity index (χ3v) is 2.95. The van der Waals surface area contributed by atoms with E-state index in [4.69, 9.17) is 17.3 Å². The molecule has 3 N–H and O–H groups in total. The van der Waals surface area contributed by atoms with Gasteiger partial charge in [-0.25, -0.2) is 9.89 Å². The lowest BCUT2D eigenvalue weighted by atomic mass is 10.1. The lowest BCUT2D eigenvalue weighted by Gasteiger charge is -2.14. The maximum absolute atomic E-state index is 11.6. The van der Waals surface area contributed by atoms with Crippen LogP contribution >= 0.6 is 11.6 Å². The smallest absolute Gasteiger partial charge is 0.324 e. The van der Waals surface area contributed by atoms with Gasteiger partial charge in [-0.1, -0.05) is 23.7 Å². The fraction of sp³-hybridized carbons (Fsp3) is 0.273. The lowest BCUT2D eigenvalue weighted by Crippen LogP contribution is -2.24. The van der Waals surface area contributed by atoms with Gasteiger partial charge in [-0.05, 0) is 24.6 Å². The number of benzene rings is 1. The highest BCUT2D eigenvalue weighted by Crippen LogP contribution is 2.19. The number of nitrogens with one attached hydrogen (secondary N) is 1. The van der Waals surface area contributed by atoms with Gasteiger partial charge in [0.15, 0.2) is 0 Å². The van der Waals surface area contributed by atoms with Gasteiger partial charge in [-0.2, -0.15) is 5.10 Å². The van der Waals surface area contributed by atoms with Gasteiger partial charge in [0.05, 0.1) is 12.6 Å². The molecule has 1 atom stereocenters. The maximum atomic E-state index is 11.6. The summed E-state index contributed by atoms with van der Waals surface area (Å²) in [5.74, 6) is 0.539. The van der Waals surface area contributed by atoms with Gasteiger partial charge in [-0.15, -0.1) is 0 Å². The fourth-order valence-corrected chi connectivity index (χ4v) is 1.90. The van der Waals surface area contributed by atoms with Crippen molar-refractivity contribution in [3.8, 4) is 0 Å². The first-order valence-corrected chi connectivity index (χ1v) is 5.62. The normalized spacial score (nSPS) is 12.6. The Balaban J connectivity index is 2.43. The van der Waals surface area contributed by atoms with Gasteiger partial charge in [-0.3, -0.25) is 4.57 Å². The zero-order valence-corrected chi connectivity index (χ0v) is 10.1. The standard InChI is InChI=1S/C11H13ClN4O/c1-7(8-2-4-9(12)5-3-8)16-10(6-13)14-15-11(16)17/h2-5,7H,6,13H2,1H3,(H,15,17)/t7-/m1/s1. The molecule has 0 bridgehead atoms. The molecular formula is C11H13ClN4O. The second kappa shape index (κ2) is 4.73. The maximum Gasteiger partial charge on any atom is 0.343 e. The Morgan fingerprint density at radius 1 is 1.47 bits per heavy atom. The topological polar surface area (TPSA) is 76.7 Å². The minimum atomic E-state index is -0.257. The molecule has 0 fully saturated rings. The molecule has 90 valence electrons. The largest absolute Gasteiger partial charge is 0.343 e. The van der Waals surface area contributed by atoms with Crippen LogP contribution in [0.4, 0.5) is 0 Å². The van der Waals surface area contributed by atoms with E-state index in [0.29, 0.717) is 10.8 Å². The first kappa shape index (κ1) is 11.9. The summed E-state index contributed by atoms with van der Waals surface area (Å²) < 4.78 is 1.54. The number of hydrogen-bond donors (Lipinski definition) is 2. The Hall–Kier alpha value is -1.59. The van der Waals surface area contributed by atoms with Crippen molar-refractivity contribution < 1.29 is 0 Å². The fourth-order valence-electron chi connectivity index (χ4n) is 1.77. The van der Waals surface area contributed by atoms with Gasteiger partial charge in [0.2, 0.25) is 0 Å². The van der Waals surface area contributed by atoms with E-state index in [1.165, 1.54) is 0 Å². The van der Waals surface area contributed by atoms with Gasteiger partial charge < -0.3 is 5.73 Å². The lowest BCUT2D eigenvalue weighted by molar-refractivity contribution is 0.585. The molecule has 5 nitrogen and oxygen atoms in total. The number of aromatic nitrogens is 3. The molecule has 1 aromatic carbocycles. The van der Waals surface area contributed by atoms with E-state index in [9.17, 15) is 4.79 Å². The molecule has 0 spiro atoms. The Morgan fingerprint density at radius 3 is 2.71 bits per heavy atom. The first-order valence-electron chi connectivity index (χ1n) is 5.24. The van der Waals surface area contributed by atoms with Crippen molar-refractivity contribution in [1.82, 2.24) is 14.8 Å². The van der Waals surface area contributed by atoms with Crippen LogP contribution in [-0.2, 0) is 6.54 Å². The molecule has 0 saturated heterocycles. The van der Waals surface area contributed by atoms with Gasteiger partial charge in [0.25, 0.3) is 0 Å². The number of halogens is 1. The second-order valence-corrected chi connectivity index (χ2v) is 4.18. The van der Waals surface area contributed by atoms with Crippen LogP contribution in [0.15, 0.2) is 29.1 Å². The summed E-state index contributed by atoms with van der Waals surface area (Å²) in [7, 11) is 0. The molecule has 0 saturated carbocycles. The minimum absolute atomic E-state index is 0.128. The molecule has 0 aliphatic heterocycles. The zero-order valence-electron chi connectivity index (χ0n) is 9.35. The molecule has 1 aromatic heterocycles. The molecule has 0 aliphatic carbocycles. The molecular weight excluding hydrogens is 240 g/mol. The average Bonchev–Trinajstić information content (AvgIpc) is 2.70. The molecule has 0 unspecified atom stereocenters. The van der Waals surface area contributed by atoms with Crippen LogP contribution in [0.5, 0.6) is 0 Å². The summed E-state index contributed by atoms with van der Waals surface area (Å²) in [5.41, 5.74) is 6.26. The van der Waals surface area contributed by atoms with Crippen LogP contribution in [-0.4, -0.2) is 14.8 Å². The average molecular weight is 253 g/mol. The Labute approximate surface area is 103 Å². The van der Waals surface area contributed by atoms with Crippen molar-refractivity contribution in [2.45, 2.75) is 19.5 Å². The summed E-state index contributed by atoms with van der Waals surface area (Å²) in [6.45, 7) is 2.13. The second-order valence-electron chi connectivity index (χ2n) is 3.75. The summed E-state index contributed by atoms with van der Waals surface area (Å²) >= 11 is 5.82. The third-order valence-electron chi connectivity index (χ3n) is 2.70. The van der Waals surface area contributed by atoms with Crippen LogP contribution in [0.25, 0.3) is 0 Å². The van der Waals surface area contributed by atoms with Crippen LogP contribution in [0.2, 0.25) is 5.02 Å². The molecule has 1 heterocycles. The summed E-state index contributed by atoms with van der Waals surface area (Å²) in [6, 6.07) is 7.22. The Morgan fingerprint density at radius 2 is 2.12 bits per heavy atom. The van der Waals surface area contributed by atoms with Crippen LogP contribution in [0.1, 0.15) is 24.4 Å². The highest BCUT2D eigenvalue weighted by atomic mass is 35.5. The van der Waals surface area contributed by atoms with E-state index in [1.807, 2.05) is 19.1 Å². The molecule has 0 radical (unpaired) electrons. The number of aromatic amines is 1. The van der Waals surface area contributed by atoms with Crippen molar-refractivity contribution in [1.29, 1.82) is 0 Å². The Kier molecular flexibility index (Phi) is 3.31. The van der Waals surface area contributed by atoms with E-state index in [-0.39, 0.29) is 18.3 Å². The summed E-state index contributed by atoms with van der Waals surface area (Å²) in [4.78, 5) is 11.6. The van der Waals surface area contributed by atoms with Crippen molar-refractivity contribution in [2.75, 3.05) is 0 Å².